The van der Waals surface area contributed by atoms with E-state index in [-0.39, 0.29) is 16.2 Å². The van der Waals surface area contributed by atoms with Crippen LogP contribution >= 0.6 is 0 Å². The van der Waals surface area contributed by atoms with Crippen LogP contribution in [-0.4, -0.2) is 0 Å². The Hall–Kier alpha value is -6.70. The molecule has 3 heterocycles. The highest BCUT2D eigenvalue weighted by molar-refractivity contribution is 6.08. The largest absolute Gasteiger partial charge is 0.309 e. The van der Waals surface area contributed by atoms with Crippen molar-refractivity contribution < 1.29 is 0 Å². The molecule has 3 aliphatic heterocycles. The number of anilines is 3. The molecule has 9 aromatic rings. The molecule has 0 bridgehead atoms. The number of nitrogens with zero attached hydrogens (tertiary/aromatic N) is 1. The first-order valence-electron chi connectivity index (χ1n) is 21.5. The monoisotopic (exact) mass is 769 g/mol. The Morgan fingerprint density at radius 3 is 1.07 bits per heavy atom. The summed E-state index contributed by atoms with van der Waals surface area (Å²) in [6.07, 6.45) is 0. The molecule has 0 aliphatic carbocycles. The maximum atomic E-state index is 2.71. The van der Waals surface area contributed by atoms with E-state index in [1.165, 1.54) is 116 Å². The van der Waals surface area contributed by atoms with Gasteiger partial charge in [0.1, 0.15) is 0 Å². The van der Waals surface area contributed by atoms with E-state index in [0.717, 1.165) is 0 Å². The summed E-state index contributed by atoms with van der Waals surface area (Å²) < 4.78 is 0. The topological polar surface area (TPSA) is 3.24 Å². The molecule has 0 amide bonds. The van der Waals surface area contributed by atoms with E-state index in [1.807, 2.05) is 0 Å². The molecule has 0 saturated heterocycles. The zero-order valence-corrected chi connectivity index (χ0v) is 35.2. The minimum Gasteiger partial charge on any atom is -0.309 e. The first-order chi connectivity index (χ1) is 29.0. The number of para-hydroxylation sites is 1. The van der Waals surface area contributed by atoms with Crippen molar-refractivity contribution in [2.45, 2.75) is 57.8 Å². The standard InChI is InChI=1S/C59H47N/c1-57(2)46-26-17-27-47-54(46)60-55-48(57)32-40(52-42-24-15-13-22-38(42)28-30-44(52)36-18-9-7-10-19-36)34-50(55)59(5,6)51-35-41(33-49(56(51)60)58(47,3)4)53-43-25-16-14-23-39(43)29-31-45(53)37-20-11-8-12-21-37/h7-35H,1-6H3. The van der Waals surface area contributed by atoms with Crippen LogP contribution in [0.4, 0.5) is 17.1 Å². The van der Waals surface area contributed by atoms with Crippen molar-refractivity contribution in [3.05, 3.63) is 209 Å². The Labute approximate surface area is 353 Å². The Morgan fingerprint density at radius 1 is 0.300 bits per heavy atom. The average Bonchev–Trinajstić information content (AvgIpc) is 3.27. The lowest BCUT2D eigenvalue weighted by Crippen LogP contribution is -2.43. The maximum absolute atomic E-state index is 2.71. The molecule has 9 aromatic carbocycles. The summed E-state index contributed by atoms with van der Waals surface area (Å²) >= 11 is 0. The molecule has 288 valence electrons. The Balaban J connectivity index is 1.21. The van der Waals surface area contributed by atoms with Crippen LogP contribution < -0.4 is 4.90 Å². The Morgan fingerprint density at radius 2 is 0.650 bits per heavy atom. The molecule has 1 heteroatoms. The number of hydrogen-bond acceptors (Lipinski definition) is 1. The van der Waals surface area contributed by atoms with E-state index < -0.39 is 0 Å². The maximum Gasteiger partial charge on any atom is 0.0544 e. The van der Waals surface area contributed by atoms with Crippen molar-refractivity contribution in [1.29, 1.82) is 0 Å². The number of hydrogen-bond donors (Lipinski definition) is 0. The van der Waals surface area contributed by atoms with Gasteiger partial charge in [-0.15, -0.1) is 0 Å². The van der Waals surface area contributed by atoms with Crippen LogP contribution in [0.15, 0.2) is 176 Å². The molecule has 3 aliphatic rings. The predicted molar refractivity (Wildman–Crippen MR) is 254 cm³/mol. The van der Waals surface area contributed by atoms with Crippen LogP contribution in [0.5, 0.6) is 0 Å². The number of rotatable bonds is 4. The fourth-order valence-electron chi connectivity index (χ4n) is 11.4. The van der Waals surface area contributed by atoms with Gasteiger partial charge in [-0.05, 0) is 124 Å². The van der Waals surface area contributed by atoms with Crippen molar-refractivity contribution in [2.75, 3.05) is 4.90 Å². The normalized spacial score (nSPS) is 15.9. The van der Waals surface area contributed by atoms with E-state index in [2.05, 4.69) is 222 Å². The van der Waals surface area contributed by atoms with E-state index >= 15 is 0 Å². The first kappa shape index (κ1) is 35.3. The van der Waals surface area contributed by atoms with Gasteiger partial charge in [-0.1, -0.05) is 193 Å². The second kappa shape index (κ2) is 12.2. The third-order valence-corrected chi connectivity index (χ3v) is 14.6. The molecule has 0 N–H and O–H groups in total. The van der Waals surface area contributed by atoms with Crippen LogP contribution in [0.3, 0.4) is 0 Å². The summed E-state index contributed by atoms with van der Waals surface area (Å²) in [6, 6.07) is 66.4. The molecule has 0 atom stereocenters. The minimum absolute atomic E-state index is 0.242. The zero-order valence-electron chi connectivity index (χ0n) is 35.2. The van der Waals surface area contributed by atoms with E-state index in [4.69, 9.17) is 0 Å². The highest BCUT2D eigenvalue weighted by Gasteiger charge is 2.52. The molecule has 0 aromatic heterocycles. The Bertz CT molecular complexity index is 3060. The van der Waals surface area contributed by atoms with E-state index in [9.17, 15) is 0 Å². The number of fused-ring (bicyclic) bond motifs is 2. The third-order valence-electron chi connectivity index (χ3n) is 14.6. The van der Waals surface area contributed by atoms with Gasteiger partial charge in [-0.25, -0.2) is 0 Å². The first-order valence-corrected chi connectivity index (χ1v) is 21.5. The second-order valence-electron chi connectivity index (χ2n) is 18.9. The van der Waals surface area contributed by atoms with Gasteiger partial charge in [0.15, 0.2) is 0 Å². The molecule has 1 nitrogen and oxygen atoms in total. The van der Waals surface area contributed by atoms with E-state index in [0.29, 0.717) is 0 Å². The summed E-state index contributed by atoms with van der Waals surface area (Å²) in [6.45, 7) is 14.8. The molecular formula is C59H47N. The van der Waals surface area contributed by atoms with Gasteiger partial charge < -0.3 is 4.90 Å². The minimum atomic E-state index is -0.332. The zero-order chi connectivity index (χ0) is 40.7. The van der Waals surface area contributed by atoms with Crippen LogP contribution in [0.1, 0.15) is 74.9 Å². The van der Waals surface area contributed by atoms with Gasteiger partial charge >= 0.3 is 0 Å². The second-order valence-corrected chi connectivity index (χ2v) is 18.9. The lowest BCUT2D eigenvalue weighted by Gasteiger charge is -2.55. The van der Waals surface area contributed by atoms with Crippen molar-refractivity contribution in [2.24, 2.45) is 0 Å². The lowest BCUT2D eigenvalue weighted by atomic mass is 9.60. The van der Waals surface area contributed by atoms with Crippen LogP contribution in [-0.2, 0) is 16.2 Å². The number of benzene rings is 9. The van der Waals surface area contributed by atoms with Crippen molar-refractivity contribution in [1.82, 2.24) is 0 Å². The Kier molecular flexibility index (Phi) is 7.16. The summed E-state index contributed by atoms with van der Waals surface area (Å²) in [4.78, 5) is 2.71. The molecular weight excluding hydrogens is 723 g/mol. The highest BCUT2D eigenvalue weighted by Crippen LogP contribution is 2.67. The van der Waals surface area contributed by atoms with Crippen molar-refractivity contribution in [3.8, 4) is 44.5 Å². The summed E-state index contributed by atoms with van der Waals surface area (Å²) in [7, 11) is 0. The molecule has 0 spiro atoms. The van der Waals surface area contributed by atoms with Gasteiger partial charge in [-0.3, -0.25) is 0 Å². The molecule has 0 radical (unpaired) electrons. The molecule has 0 fully saturated rings. The van der Waals surface area contributed by atoms with Crippen molar-refractivity contribution in [3.63, 3.8) is 0 Å². The summed E-state index contributed by atoms with van der Waals surface area (Å²) in [5.74, 6) is 0. The van der Waals surface area contributed by atoms with Gasteiger partial charge in [0.05, 0.1) is 17.1 Å². The lowest BCUT2D eigenvalue weighted by molar-refractivity contribution is 0.567. The molecule has 0 unspecified atom stereocenters. The smallest absolute Gasteiger partial charge is 0.0544 e. The highest BCUT2D eigenvalue weighted by atomic mass is 15.2. The van der Waals surface area contributed by atoms with Crippen LogP contribution in [0, 0.1) is 0 Å². The van der Waals surface area contributed by atoms with Crippen molar-refractivity contribution >= 4 is 38.6 Å². The van der Waals surface area contributed by atoms with Gasteiger partial charge in [-0.2, -0.15) is 0 Å². The summed E-state index contributed by atoms with van der Waals surface area (Å²) in [5.41, 5.74) is 21.8. The van der Waals surface area contributed by atoms with Crippen LogP contribution in [0.25, 0.3) is 66.1 Å². The molecule has 60 heavy (non-hydrogen) atoms. The van der Waals surface area contributed by atoms with Gasteiger partial charge in [0, 0.05) is 16.2 Å². The molecule has 0 saturated carbocycles. The molecule has 12 rings (SSSR count). The average molecular weight is 770 g/mol. The third kappa shape index (κ3) is 4.64. The quantitative estimate of drug-likeness (QED) is 0.172. The fourth-order valence-corrected chi connectivity index (χ4v) is 11.4. The predicted octanol–water partition coefficient (Wildman–Crippen LogP) is 16.0. The van der Waals surface area contributed by atoms with Gasteiger partial charge in [0.25, 0.3) is 0 Å². The van der Waals surface area contributed by atoms with Gasteiger partial charge in [0.2, 0.25) is 0 Å². The van der Waals surface area contributed by atoms with E-state index in [1.54, 1.807) is 0 Å². The fraction of sp³-hybridized carbons (Fsp3) is 0.153. The SMILES string of the molecule is CC1(C)c2cccc3c2N2c4c1cc(-c1c(-c5ccccc5)ccc5ccccc15)cc4C(C)(C)c1cc(-c4c(-c5ccccc5)ccc5ccccc45)cc(c12)C3(C)C. The summed E-state index contributed by atoms with van der Waals surface area (Å²) in [5, 5.41) is 5.08. The van der Waals surface area contributed by atoms with Crippen LogP contribution in [0.2, 0.25) is 0 Å².